The number of ether oxygens (including phenoxy) is 3. The van der Waals surface area contributed by atoms with Crippen LogP contribution in [0.25, 0.3) is 0 Å². The highest BCUT2D eigenvalue weighted by Gasteiger charge is 2.50. The molecular weight excluding hydrogens is 272 g/mol. The van der Waals surface area contributed by atoms with E-state index in [0.29, 0.717) is 26.1 Å². The van der Waals surface area contributed by atoms with Crippen molar-refractivity contribution in [1.82, 2.24) is 9.80 Å². The van der Waals surface area contributed by atoms with Crippen LogP contribution < -0.4 is 0 Å². The molecule has 0 radical (unpaired) electrons. The summed E-state index contributed by atoms with van der Waals surface area (Å²) in [4.78, 5) is 16.4. The van der Waals surface area contributed by atoms with Gasteiger partial charge in [0.2, 0.25) is 0 Å². The zero-order valence-electron chi connectivity index (χ0n) is 14.0. The molecule has 0 aromatic heterocycles. The highest BCUT2D eigenvalue weighted by Crippen LogP contribution is 2.38. The molecule has 1 spiro atoms. The molecule has 2 atom stereocenters. The third-order valence-corrected chi connectivity index (χ3v) is 3.91. The van der Waals surface area contributed by atoms with Gasteiger partial charge in [-0.15, -0.1) is 0 Å². The van der Waals surface area contributed by atoms with E-state index in [9.17, 15) is 4.79 Å². The summed E-state index contributed by atoms with van der Waals surface area (Å²) in [6.07, 6.45) is 0.948. The van der Waals surface area contributed by atoms with Gasteiger partial charge in [0.25, 0.3) is 0 Å². The second-order valence-corrected chi connectivity index (χ2v) is 7.20. The Bertz CT molecular complexity index is 386. The fraction of sp³-hybridized carbons (Fsp3) is 0.933. The molecule has 2 heterocycles. The quantitative estimate of drug-likeness (QED) is 0.742. The number of hydrogen-bond acceptors (Lipinski definition) is 5. The van der Waals surface area contributed by atoms with Crippen LogP contribution in [-0.2, 0) is 14.2 Å². The number of carbonyl (C=O) groups excluding carboxylic acids is 1. The molecule has 0 aromatic carbocycles. The van der Waals surface area contributed by atoms with Crippen molar-refractivity contribution >= 4 is 6.09 Å². The van der Waals surface area contributed by atoms with Crippen molar-refractivity contribution in [2.75, 3.05) is 27.3 Å². The predicted molar refractivity (Wildman–Crippen MR) is 78.9 cm³/mol. The molecule has 2 aliphatic heterocycles. The van der Waals surface area contributed by atoms with E-state index in [1.165, 1.54) is 0 Å². The third kappa shape index (κ3) is 3.67. The van der Waals surface area contributed by atoms with Crippen LogP contribution >= 0.6 is 0 Å². The Kier molecular flexibility index (Phi) is 4.52. The van der Waals surface area contributed by atoms with Crippen molar-refractivity contribution in [3.05, 3.63) is 0 Å². The standard InChI is InChI=1S/C15H28N2O4/c1-11-9-15(19-7-8-20-15)10-12(16(5)6)17(11)13(18)21-14(2,3)4/h11-12H,7-10H2,1-6H3/t11-,12+/m1/s1. The molecule has 0 aromatic rings. The monoisotopic (exact) mass is 300 g/mol. The number of amides is 1. The number of nitrogens with zero attached hydrogens (tertiary/aromatic N) is 2. The van der Waals surface area contributed by atoms with Crippen LogP contribution in [0.2, 0.25) is 0 Å². The zero-order valence-corrected chi connectivity index (χ0v) is 14.0. The summed E-state index contributed by atoms with van der Waals surface area (Å²) < 4.78 is 17.2. The van der Waals surface area contributed by atoms with Gasteiger partial charge in [-0.05, 0) is 41.8 Å². The van der Waals surface area contributed by atoms with Crippen molar-refractivity contribution in [2.24, 2.45) is 0 Å². The van der Waals surface area contributed by atoms with Crippen LogP contribution in [0, 0.1) is 0 Å². The Morgan fingerprint density at radius 1 is 1.24 bits per heavy atom. The van der Waals surface area contributed by atoms with Gasteiger partial charge in [0.1, 0.15) is 5.60 Å². The average Bonchev–Trinajstić information content (AvgIpc) is 2.73. The lowest BCUT2D eigenvalue weighted by Gasteiger charge is -2.49. The second kappa shape index (κ2) is 5.74. The van der Waals surface area contributed by atoms with E-state index >= 15 is 0 Å². The topological polar surface area (TPSA) is 51.2 Å². The second-order valence-electron chi connectivity index (χ2n) is 7.20. The first kappa shape index (κ1) is 16.5. The molecule has 1 amide bonds. The summed E-state index contributed by atoms with van der Waals surface area (Å²) in [5.74, 6) is -0.549. The third-order valence-electron chi connectivity index (χ3n) is 3.91. The molecule has 0 aliphatic carbocycles. The van der Waals surface area contributed by atoms with Gasteiger partial charge in [0.15, 0.2) is 5.79 Å². The molecule has 21 heavy (non-hydrogen) atoms. The van der Waals surface area contributed by atoms with Crippen molar-refractivity contribution in [1.29, 1.82) is 0 Å². The maximum atomic E-state index is 12.5. The van der Waals surface area contributed by atoms with E-state index < -0.39 is 11.4 Å². The molecule has 0 unspecified atom stereocenters. The van der Waals surface area contributed by atoms with E-state index in [1.54, 1.807) is 0 Å². The molecule has 0 bridgehead atoms. The smallest absolute Gasteiger partial charge is 0.411 e. The molecule has 2 aliphatic rings. The largest absolute Gasteiger partial charge is 0.444 e. The number of piperidine rings is 1. The Morgan fingerprint density at radius 3 is 2.29 bits per heavy atom. The van der Waals surface area contributed by atoms with Gasteiger partial charge in [-0.1, -0.05) is 0 Å². The predicted octanol–water partition coefficient (Wildman–Crippen LogP) is 2.04. The normalized spacial score (nSPS) is 29.2. The number of likely N-dealkylation sites (tertiary alicyclic amines) is 1. The van der Waals surface area contributed by atoms with E-state index in [-0.39, 0.29) is 18.3 Å². The van der Waals surface area contributed by atoms with Crippen molar-refractivity contribution < 1.29 is 19.0 Å². The van der Waals surface area contributed by atoms with E-state index in [0.717, 1.165) is 0 Å². The number of rotatable bonds is 1. The van der Waals surface area contributed by atoms with Crippen LogP contribution in [0.4, 0.5) is 4.79 Å². The fourth-order valence-corrected chi connectivity index (χ4v) is 3.08. The summed E-state index contributed by atoms with van der Waals surface area (Å²) in [6.45, 7) is 8.92. The first-order chi connectivity index (χ1) is 9.64. The minimum atomic E-state index is -0.549. The Hall–Kier alpha value is -0.850. The summed E-state index contributed by atoms with van der Waals surface area (Å²) in [6, 6.07) is -0.000833. The molecular formula is C15H28N2O4. The minimum absolute atomic E-state index is 0.000833. The molecule has 2 rings (SSSR count). The molecule has 2 saturated heterocycles. The van der Waals surface area contributed by atoms with Crippen molar-refractivity contribution in [3.63, 3.8) is 0 Å². The Morgan fingerprint density at radius 2 is 1.81 bits per heavy atom. The van der Waals surface area contributed by atoms with E-state index in [2.05, 4.69) is 0 Å². The van der Waals surface area contributed by atoms with Gasteiger partial charge >= 0.3 is 6.09 Å². The summed E-state index contributed by atoms with van der Waals surface area (Å²) in [5.41, 5.74) is -0.497. The molecule has 122 valence electrons. The first-order valence-electron chi connectivity index (χ1n) is 7.59. The number of carbonyl (C=O) groups is 1. The van der Waals surface area contributed by atoms with Gasteiger partial charge in [0.05, 0.1) is 19.4 Å². The van der Waals surface area contributed by atoms with Crippen LogP contribution in [-0.4, -0.2) is 66.8 Å². The molecule has 6 nitrogen and oxygen atoms in total. The molecule has 2 fully saturated rings. The van der Waals surface area contributed by atoms with Crippen LogP contribution in [0.15, 0.2) is 0 Å². The zero-order chi connectivity index (χ0) is 15.8. The van der Waals surface area contributed by atoms with Gasteiger partial charge in [-0.3, -0.25) is 9.80 Å². The van der Waals surface area contributed by atoms with Crippen LogP contribution in [0.1, 0.15) is 40.5 Å². The number of hydrogen-bond donors (Lipinski definition) is 0. The van der Waals surface area contributed by atoms with Crippen LogP contribution in [0.5, 0.6) is 0 Å². The fourth-order valence-electron chi connectivity index (χ4n) is 3.08. The molecule has 0 N–H and O–H groups in total. The van der Waals surface area contributed by atoms with E-state index in [4.69, 9.17) is 14.2 Å². The molecule has 0 saturated carbocycles. The summed E-state index contributed by atoms with van der Waals surface area (Å²) in [5, 5.41) is 0. The lowest BCUT2D eigenvalue weighted by molar-refractivity contribution is -0.216. The Balaban J connectivity index is 2.18. The average molecular weight is 300 g/mol. The maximum Gasteiger partial charge on any atom is 0.411 e. The van der Waals surface area contributed by atoms with Gasteiger partial charge in [-0.2, -0.15) is 0 Å². The lowest BCUT2D eigenvalue weighted by Crippen LogP contribution is -2.62. The highest BCUT2D eigenvalue weighted by atomic mass is 16.7. The van der Waals surface area contributed by atoms with Crippen LogP contribution in [0.3, 0.4) is 0 Å². The minimum Gasteiger partial charge on any atom is -0.444 e. The van der Waals surface area contributed by atoms with Gasteiger partial charge in [0, 0.05) is 18.9 Å². The van der Waals surface area contributed by atoms with Gasteiger partial charge in [-0.25, -0.2) is 4.79 Å². The Labute approximate surface area is 127 Å². The summed E-state index contributed by atoms with van der Waals surface area (Å²) >= 11 is 0. The first-order valence-corrected chi connectivity index (χ1v) is 7.59. The van der Waals surface area contributed by atoms with Crippen molar-refractivity contribution in [3.8, 4) is 0 Å². The summed E-state index contributed by atoms with van der Waals surface area (Å²) in [7, 11) is 3.92. The van der Waals surface area contributed by atoms with Crippen molar-refractivity contribution in [2.45, 2.75) is 64.1 Å². The lowest BCUT2D eigenvalue weighted by atomic mass is 9.94. The highest BCUT2D eigenvalue weighted by molar-refractivity contribution is 5.69. The van der Waals surface area contributed by atoms with Gasteiger partial charge < -0.3 is 14.2 Å². The maximum absolute atomic E-state index is 12.5. The molecule has 6 heteroatoms. The SMILES string of the molecule is C[C@@H]1CC2(C[C@@H](N(C)C)N1C(=O)OC(C)(C)C)OCCO2. The van der Waals surface area contributed by atoms with E-state index in [1.807, 2.05) is 51.6 Å².